The molecule has 0 amide bonds. The second-order valence-corrected chi connectivity index (χ2v) is 7.76. The molecule has 26 heavy (non-hydrogen) atoms. The van der Waals surface area contributed by atoms with Crippen LogP contribution in [0.3, 0.4) is 0 Å². The second kappa shape index (κ2) is 7.12. The van der Waals surface area contributed by atoms with E-state index >= 15 is 0 Å². The van der Waals surface area contributed by atoms with E-state index in [9.17, 15) is 8.42 Å². The molecule has 3 rings (SSSR count). The highest BCUT2D eigenvalue weighted by Crippen LogP contribution is 2.20. The maximum Gasteiger partial charge on any atom is 0.263 e. The van der Waals surface area contributed by atoms with Crippen LogP contribution in [-0.4, -0.2) is 23.8 Å². The molecular formula is C17H19N5O3S. The van der Waals surface area contributed by atoms with Crippen molar-refractivity contribution in [1.82, 2.24) is 15.4 Å². The minimum absolute atomic E-state index is 0.125. The van der Waals surface area contributed by atoms with Gasteiger partial charge < -0.3 is 9.84 Å². The zero-order valence-corrected chi connectivity index (χ0v) is 15.4. The first kappa shape index (κ1) is 17.9. The van der Waals surface area contributed by atoms with Gasteiger partial charge in [-0.1, -0.05) is 31.1 Å². The van der Waals surface area contributed by atoms with Gasteiger partial charge in [0, 0.05) is 6.07 Å². The highest BCUT2D eigenvalue weighted by Gasteiger charge is 2.15. The lowest BCUT2D eigenvalue weighted by molar-refractivity contribution is 0.400. The fourth-order valence-electron chi connectivity index (χ4n) is 2.24. The van der Waals surface area contributed by atoms with Crippen LogP contribution in [0.2, 0.25) is 0 Å². The Balaban J connectivity index is 1.71. The Morgan fingerprint density at radius 1 is 0.962 bits per heavy atom. The summed E-state index contributed by atoms with van der Waals surface area (Å²) in [5.74, 6) is 2.03. The van der Waals surface area contributed by atoms with Crippen molar-refractivity contribution in [3.8, 4) is 0 Å². The average molecular weight is 373 g/mol. The van der Waals surface area contributed by atoms with Gasteiger partial charge in [0.2, 0.25) is 0 Å². The van der Waals surface area contributed by atoms with Crippen molar-refractivity contribution in [2.45, 2.75) is 31.6 Å². The van der Waals surface area contributed by atoms with Crippen LogP contribution in [0.25, 0.3) is 0 Å². The summed E-state index contributed by atoms with van der Waals surface area (Å²) in [7, 11) is -3.72. The van der Waals surface area contributed by atoms with E-state index in [0.29, 0.717) is 23.3 Å². The van der Waals surface area contributed by atoms with E-state index in [-0.39, 0.29) is 10.7 Å². The van der Waals surface area contributed by atoms with Crippen LogP contribution < -0.4 is 10.0 Å². The van der Waals surface area contributed by atoms with Crippen molar-refractivity contribution in [3.63, 3.8) is 0 Å². The van der Waals surface area contributed by atoms with Gasteiger partial charge in [-0.05, 0) is 42.7 Å². The number of nitrogens with one attached hydrogen (secondary N) is 2. The maximum absolute atomic E-state index is 12.4. The van der Waals surface area contributed by atoms with E-state index < -0.39 is 10.0 Å². The Morgan fingerprint density at radius 2 is 1.62 bits per heavy atom. The minimum atomic E-state index is -3.72. The normalized spacial score (nSPS) is 11.5. The summed E-state index contributed by atoms with van der Waals surface area (Å²) in [4.78, 5) is 0.170. The first-order valence-electron chi connectivity index (χ1n) is 8.00. The molecule has 0 unspecified atom stereocenters. The zero-order chi connectivity index (χ0) is 18.7. The molecule has 0 atom stereocenters. The van der Waals surface area contributed by atoms with Gasteiger partial charge in [0.15, 0.2) is 17.5 Å². The van der Waals surface area contributed by atoms with Crippen molar-refractivity contribution in [1.29, 1.82) is 0 Å². The third-order valence-corrected chi connectivity index (χ3v) is 5.02. The summed E-state index contributed by atoms with van der Waals surface area (Å²) in [5, 5.41) is 14.5. The van der Waals surface area contributed by atoms with Crippen LogP contribution in [0.15, 0.2) is 51.9 Å². The van der Waals surface area contributed by atoms with E-state index in [4.69, 9.17) is 4.52 Å². The number of hydrogen-bond acceptors (Lipinski definition) is 7. The first-order chi connectivity index (χ1) is 12.3. The van der Waals surface area contributed by atoms with Gasteiger partial charge in [-0.25, -0.2) is 8.42 Å². The van der Waals surface area contributed by atoms with Crippen LogP contribution in [0.1, 0.15) is 31.1 Å². The van der Waals surface area contributed by atoms with Crippen molar-refractivity contribution in [2.75, 3.05) is 10.0 Å². The summed E-state index contributed by atoms with van der Waals surface area (Å²) in [6.45, 7) is 5.87. The molecule has 0 saturated carbocycles. The Hall–Kier alpha value is -2.94. The maximum atomic E-state index is 12.4. The summed E-state index contributed by atoms with van der Waals surface area (Å²) in [6.07, 6.45) is 0. The minimum Gasteiger partial charge on any atom is -0.360 e. The number of sulfonamides is 1. The van der Waals surface area contributed by atoms with Gasteiger partial charge in [0.25, 0.3) is 10.0 Å². The van der Waals surface area contributed by atoms with E-state index in [1.807, 2.05) is 13.8 Å². The van der Waals surface area contributed by atoms with Gasteiger partial charge in [0.1, 0.15) is 5.76 Å². The van der Waals surface area contributed by atoms with Crippen LogP contribution >= 0.6 is 0 Å². The summed E-state index contributed by atoms with van der Waals surface area (Å²) < 4.78 is 32.3. The average Bonchev–Trinajstić information content (AvgIpc) is 3.01. The van der Waals surface area contributed by atoms with Crippen molar-refractivity contribution in [3.05, 3.63) is 53.8 Å². The lowest BCUT2D eigenvalue weighted by Gasteiger charge is -2.09. The van der Waals surface area contributed by atoms with Crippen molar-refractivity contribution < 1.29 is 12.9 Å². The van der Waals surface area contributed by atoms with Gasteiger partial charge in [0.05, 0.1) is 4.90 Å². The van der Waals surface area contributed by atoms with Crippen LogP contribution in [0.5, 0.6) is 0 Å². The highest BCUT2D eigenvalue weighted by molar-refractivity contribution is 7.92. The van der Waals surface area contributed by atoms with E-state index in [1.54, 1.807) is 43.3 Å². The molecule has 0 aliphatic carbocycles. The van der Waals surface area contributed by atoms with Crippen LogP contribution in [-0.2, 0) is 10.0 Å². The van der Waals surface area contributed by atoms with E-state index in [1.165, 1.54) is 6.07 Å². The quantitative estimate of drug-likeness (QED) is 0.681. The smallest absolute Gasteiger partial charge is 0.263 e. The highest BCUT2D eigenvalue weighted by atomic mass is 32.2. The number of benzene rings is 1. The van der Waals surface area contributed by atoms with E-state index in [0.717, 1.165) is 5.56 Å². The summed E-state index contributed by atoms with van der Waals surface area (Å²) in [6, 6.07) is 11.6. The second-order valence-electron chi connectivity index (χ2n) is 6.08. The molecule has 1 aromatic carbocycles. The Bertz CT molecular complexity index is 980. The monoisotopic (exact) mass is 373 g/mol. The topological polar surface area (TPSA) is 110 Å². The number of aryl methyl sites for hydroxylation is 1. The Labute approximate surface area is 151 Å². The predicted octanol–water partition coefficient (Wildman–Crippen LogP) is 3.44. The molecule has 0 bridgehead atoms. The third kappa shape index (κ3) is 4.17. The lowest BCUT2D eigenvalue weighted by atomic mass is 10.0. The molecule has 9 heteroatoms. The number of hydrogen-bond donors (Lipinski definition) is 2. The molecule has 136 valence electrons. The number of aromatic nitrogens is 3. The Morgan fingerprint density at radius 3 is 2.15 bits per heavy atom. The zero-order valence-electron chi connectivity index (χ0n) is 14.6. The van der Waals surface area contributed by atoms with Gasteiger partial charge >= 0.3 is 0 Å². The number of nitrogens with zero attached hydrogens (tertiary/aromatic N) is 3. The fourth-order valence-corrected chi connectivity index (χ4v) is 3.23. The molecule has 0 radical (unpaired) electrons. The summed E-state index contributed by atoms with van der Waals surface area (Å²) >= 11 is 0. The molecule has 8 nitrogen and oxygen atoms in total. The van der Waals surface area contributed by atoms with Crippen LogP contribution in [0, 0.1) is 6.92 Å². The largest absolute Gasteiger partial charge is 0.360 e. The molecule has 2 N–H and O–H groups in total. The molecule has 2 heterocycles. The predicted molar refractivity (Wildman–Crippen MR) is 97.9 cm³/mol. The van der Waals surface area contributed by atoms with E-state index in [2.05, 4.69) is 25.4 Å². The molecule has 0 saturated heterocycles. The standard InChI is InChI=1S/C17H19N5O3S/c1-11(2)13-4-6-14(7-5-13)26(23,24)22-16-9-8-15(19-20-16)18-17-10-12(3)25-21-17/h4-11H,1-3H3,(H,20,22)(H,18,19,21). The number of rotatable bonds is 6. The molecule has 3 aromatic rings. The summed E-state index contributed by atoms with van der Waals surface area (Å²) in [5.41, 5.74) is 1.07. The van der Waals surface area contributed by atoms with Gasteiger partial charge in [-0.15, -0.1) is 10.2 Å². The molecule has 0 aliphatic rings. The molecule has 0 spiro atoms. The first-order valence-corrected chi connectivity index (χ1v) is 9.49. The molecule has 0 aliphatic heterocycles. The van der Waals surface area contributed by atoms with Gasteiger partial charge in [-0.2, -0.15) is 0 Å². The lowest BCUT2D eigenvalue weighted by Crippen LogP contribution is -2.14. The molecular weight excluding hydrogens is 354 g/mol. The fraction of sp³-hybridized carbons (Fsp3) is 0.235. The van der Waals surface area contributed by atoms with Crippen molar-refractivity contribution >= 4 is 27.5 Å². The molecule has 0 fully saturated rings. The molecule has 2 aromatic heterocycles. The van der Waals surface area contributed by atoms with Crippen molar-refractivity contribution in [2.24, 2.45) is 0 Å². The van der Waals surface area contributed by atoms with Gasteiger partial charge in [-0.3, -0.25) is 4.72 Å². The Kier molecular flexibility index (Phi) is 4.90. The number of anilines is 3. The SMILES string of the molecule is Cc1cc(Nc2ccc(NS(=O)(=O)c3ccc(C(C)C)cc3)nn2)no1. The third-order valence-electron chi connectivity index (χ3n) is 3.64. The van der Waals surface area contributed by atoms with Crippen LogP contribution in [0.4, 0.5) is 17.5 Å².